The van der Waals surface area contributed by atoms with Crippen molar-refractivity contribution in [3.8, 4) is 0 Å². The van der Waals surface area contributed by atoms with Crippen molar-refractivity contribution in [2.75, 3.05) is 6.54 Å². The van der Waals surface area contributed by atoms with E-state index >= 15 is 0 Å². The first kappa shape index (κ1) is 19.1. The van der Waals surface area contributed by atoms with Gasteiger partial charge in [0.1, 0.15) is 6.29 Å². The van der Waals surface area contributed by atoms with E-state index in [2.05, 4.69) is 4.98 Å². The molecule has 0 bridgehead atoms. The van der Waals surface area contributed by atoms with Gasteiger partial charge in [-0.2, -0.15) is 0 Å². The lowest BCUT2D eigenvalue weighted by molar-refractivity contribution is -0.107. The lowest BCUT2D eigenvalue weighted by Crippen LogP contribution is -2.37. The van der Waals surface area contributed by atoms with Crippen LogP contribution < -0.4 is 0 Å². The molecule has 1 aromatic heterocycles. The molecule has 6 heteroatoms. The monoisotopic (exact) mass is 394 g/mol. The quantitative estimate of drug-likeness (QED) is 0.648. The van der Waals surface area contributed by atoms with E-state index in [4.69, 9.17) is 0 Å². The molecule has 1 N–H and O–H groups in total. The van der Waals surface area contributed by atoms with Crippen LogP contribution in [0, 0.1) is 11.6 Å². The van der Waals surface area contributed by atoms with E-state index < -0.39 is 23.0 Å². The number of amides is 1. The van der Waals surface area contributed by atoms with Crippen molar-refractivity contribution in [2.24, 2.45) is 0 Å². The molecule has 2 heterocycles. The Morgan fingerprint density at radius 1 is 1.17 bits per heavy atom. The van der Waals surface area contributed by atoms with Gasteiger partial charge in [0.25, 0.3) is 5.91 Å². The number of H-pyrrole nitrogens is 1. The molecule has 0 saturated heterocycles. The fourth-order valence-electron chi connectivity index (χ4n) is 4.06. The number of halogens is 2. The Morgan fingerprint density at radius 2 is 1.93 bits per heavy atom. The van der Waals surface area contributed by atoms with Gasteiger partial charge < -0.3 is 14.7 Å². The van der Waals surface area contributed by atoms with E-state index in [9.17, 15) is 18.4 Å². The van der Waals surface area contributed by atoms with Crippen LogP contribution in [0.4, 0.5) is 8.78 Å². The van der Waals surface area contributed by atoms with Gasteiger partial charge in [-0.15, -0.1) is 0 Å². The number of hydrogen-bond acceptors (Lipinski definition) is 2. The first-order valence-corrected chi connectivity index (χ1v) is 9.34. The van der Waals surface area contributed by atoms with E-state index in [0.717, 1.165) is 40.6 Å². The van der Waals surface area contributed by atoms with Crippen LogP contribution in [0.2, 0.25) is 0 Å². The minimum atomic E-state index is -1.07. The van der Waals surface area contributed by atoms with E-state index in [0.29, 0.717) is 12.1 Å². The molecule has 0 saturated carbocycles. The fourth-order valence-corrected chi connectivity index (χ4v) is 4.06. The van der Waals surface area contributed by atoms with Gasteiger partial charge in [0.15, 0.2) is 11.6 Å². The highest BCUT2D eigenvalue weighted by Gasteiger charge is 2.35. The normalized spacial score (nSPS) is 15.6. The maximum Gasteiger partial charge on any atom is 0.257 e. The second-order valence-electron chi connectivity index (χ2n) is 7.89. The third-order valence-corrected chi connectivity index (χ3v) is 5.31. The number of carbonyl (C=O) groups excluding carboxylic acids is 2. The molecule has 4 nitrogen and oxygen atoms in total. The van der Waals surface area contributed by atoms with Crippen LogP contribution in [0.15, 0.2) is 48.7 Å². The summed E-state index contributed by atoms with van der Waals surface area (Å²) in [5.74, 6) is -2.52. The van der Waals surface area contributed by atoms with Crippen LogP contribution in [0.5, 0.6) is 0 Å². The van der Waals surface area contributed by atoms with Crippen molar-refractivity contribution in [3.63, 3.8) is 0 Å². The lowest BCUT2D eigenvalue weighted by atomic mass is 9.81. The van der Waals surface area contributed by atoms with Crippen molar-refractivity contribution in [2.45, 2.75) is 25.7 Å². The zero-order valence-electron chi connectivity index (χ0n) is 16.1. The Bertz CT molecular complexity index is 1160. The Balaban J connectivity index is 1.86. The third kappa shape index (κ3) is 3.24. The van der Waals surface area contributed by atoms with Crippen LogP contribution >= 0.6 is 0 Å². The first-order chi connectivity index (χ1) is 13.8. The Kier molecular flexibility index (Phi) is 4.57. The summed E-state index contributed by atoms with van der Waals surface area (Å²) < 4.78 is 26.9. The first-order valence-electron chi connectivity index (χ1n) is 9.34. The molecule has 2 aromatic carbocycles. The van der Waals surface area contributed by atoms with Crippen LogP contribution in [0.25, 0.3) is 16.5 Å². The van der Waals surface area contributed by atoms with E-state index in [1.54, 1.807) is 6.20 Å². The number of aldehydes is 1. The maximum atomic E-state index is 13.7. The number of nitrogens with one attached hydrogen (secondary N) is 1. The highest BCUT2D eigenvalue weighted by molar-refractivity contribution is 5.98. The molecule has 0 radical (unpaired) electrons. The predicted molar refractivity (Wildman–Crippen MR) is 107 cm³/mol. The van der Waals surface area contributed by atoms with E-state index in [1.165, 1.54) is 11.0 Å². The second kappa shape index (κ2) is 6.95. The summed E-state index contributed by atoms with van der Waals surface area (Å²) in [4.78, 5) is 29.3. The Labute approximate surface area is 166 Å². The summed E-state index contributed by atoms with van der Waals surface area (Å²) in [7, 11) is 0. The molecule has 1 aliphatic heterocycles. The number of para-hydroxylation sites is 1. The predicted octanol–water partition coefficient (Wildman–Crippen LogP) is 4.81. The molecule has 29 heavy (non-hydrogen) atoms. The summed E-state index contributed by atoms with van der Waals surface area (Å²) in [5.41, 5.74) is 3.09. The molecule has 0 spiro atoms. The Hall–Kier alpha value is -3.28. The topological polar surface area (TPSA) is 53.2 Å². The molecule has 1 amide bonds. The zero-order valence-corrected chi connectivity index (χ0v) is 16.1. The molecule has 148 valence electrons. The second-order valence-corrected chi connectivity index (χ2v) is 7.89. The number of hydrogen-bond donors (Lipinski definition) is 1. The van der Waals surface area contributed by atoms with Gasteiger partial charge in [-0.1, -0.05) is 32.0 Å². The molecular formula is C23H20F2N2O2. The van der Waals surface area contributed by atoms with Gasteiger partial charge in [-0.25, -0.2) is 8.78 Å². The third-order valence-electron chi connectivity index (χ3n) is 5.31. The van der Waals surface area contributed by atoms with Crippen LogP contribution in [-0.2, 0) is 10.2 Å². The zero-order chi connectivity index (χ0) is 20.8. The number of fused-ring (bicyclic) bond motifs is 3. The molecule has 0 unspecified atom stereocenters. The van der Waals surface area contributed by atoms with Gasteiger partial charge in [0.05, 0.1) is 0 Å². The number of aromatic amines is 1. The van der Waals surface area contributed by atoms with Gasteiger partial charge in [0.2, 0.25) is 0 Å². The molecular weight excluding hydrogens is 374 g/mol. The number of benzene rings is 2. The number of aromatic nitrogens is 1. The molecule has 0 aliphatic carbocycles. The van der Waals surface area contributed by atoms with Crippen LogP contribution in [0.1, 0.15) is 41.9 Å². The van der Waals surface area contributed by atoms with Crippen molar-refractivity contribution in [1.82, 2.24) is 9.88 Å². The highest BCUT2D eigenvalue weighted by atomic mass is 19.2. The highest BCUT2D eigenvalue weighted by Crippen LogP contribution is 2.40. The van der Waals surface area contributed by atoms with Crippen LogP contribution in [-0.4, -0.2) is 28.6 Å². The minimum absolute atomic E-state index is 0.0526. The lowest BCUT2D eigenvalue weighted by Gasteiger charge is -2.29. The number of rotatable bonds is 3. The number of allylic oxidation sites excluding steroid dienone is 1. The Morgan fingerprint density at radius 3 is 2.66 bits per heavy atom. The van der Waals surface area contributed by atoms with Gasteiger partial charge in [-0.05, 0) is 35.4 Å². The summed E-state index contributed by atoms with van der Waals surface area (Å²) in [6.45, 7) is 4.37. The molecule has 0 fully saturated rings. The molecule has 3 aromatic rings. The van der Waals surface area contributed by atoms with Gasteiger partial charge in [0, 0.05) is 46.7 Å². The van der Waals surface area contributed by atoms with Gasteiger partial charge >= 0.3 is 0 Å². The largest absolute Gasteiger partial charge is 0.354 e. The summed E-state index contributed by atoms with van der Waals surface area (Å²) >= 11 is 0. The van der Waals surface area contributed by atoms with E-state index in [1.807, 2.05) is 38.1 Å². The number of nitrogens with zero attached hydrogens (tertiary/aromatic N) is 1. The van der Waals surface area contributed by atoms with Crippen molar-refractivity contribution in [3.05, 3.63) is 77.1 Å². The smallest absolute Gasteiger partial charge is 0.257 e. The average molecular weight is 394 g/mol. The molecule has 1 aliphatic rings. The average Bonchev–Trinajstić information content (AvgIpc) is 3.04. The van der Waals surface area contributed by atoms with Gasteiger partial charge in [-0.3, -0.25) is 4.79 Å². The molecule has 0 atom stereocenters. The van der Waals surface area contributed by atoms with Crippen LogP contribution in [0.3, 0.4) is 0 Å². The van der Waals surface area contributed by atoms with Crippen molar-refractivity contribution >= 4 is 28.7 Å². The summed E-state index contributed by atoms with van der Waals surface area (Å²) in [6, 6.07) is 11.0. The minimum Gasteiger partial charge on any atom is -0.354 e. The fraction of sp³-hybridized carbons (Fsp3) is 0.217. The summed E-state index contributed by atoms with van der Waals surface area (Å²) in [6.07, 6.45) is 2.55. The standard InChI is InChI=1S/C23H20F2N2O2/c1-23(2)13-27(22(29)14-7-8-17(24)18(25)11-14)12-15(9-10-28)21-20(23)16-5-3-4-6-19(16)26-21/h3-8,10-12,26H,9,13H2,1-2H3. The molecule has 4 rings (SSSR count). The van der Waals surface area contributed by atoms with Crippen molar-refractivity contribution in [1.29, 1.82) is 0 Å². The number of carbonyl (C=O) groups is 2. The maximum absolute atomic E-state index is 13.7. The summed E-state index contributed by atoms with van der Waals surface area (Å²) in [5, 5.41) is 1.03. The van der Waals surface area contributed by atoms with E-state index in [-0.39, 0.29) is 12.0 Å². The SMILES string of the molecule is CC1(C)CN(C(=O)c2ccc(F)c(F)c2)C=C(CC=O)c2[nH]c3ccccc3c21. The van der Waals surface area contributed by atoms with Crippen molar-refractivity contribution < 1.29 is 18.4 Å².